The molecule has 3 saturated heterocycles. The molecule has 4 rings (SSSR count). The van der Waals surface area contributed by atoms with Gasteiger partial charge in [0.15, 0.2) is 0 Å². The van der Waals surface area contributed by atoms with E-state index < -0.39 is 11.7 Å². The van der Waals surface area contributed by atoms with Crippen LogP contribution in [-0.2, 0) is 14.3 Å². The predicted octanol–water partition coefficient (Wildman–Crippen LogP) is 2.44. The Labute approximate surface area is 178 Å². The third-order valence-corrected chi connectivity index (χ3v) is 7.79. The van der Waals surface area contributed by atoms with Crippen LogP contribution in [0.15, 0.2) is 0 Å². The van der Waals surface area contributed by atoms with Crippen LogP contribution >= 0.6 is 0 Å². The maximum atomic E-state index is 14.6. The molecule has 30 heavy (non-hydrogen) atoms. The fourth-order valence-corrected chi connectivity index (χ4v) is 6.23. The zero-order chi connectivity index (χ0) is 21.5. The largest absolute Gasteiger partial charge is 0.468 e. The maximum Gasteiger partial charge on any atom is 0.409 e. The van der Waals surface area contributed by atoms with Crippen molar-refractivity contribution in [2.24, 2.45) is 5.41 Å². The van der Waals surface area contributed by atoms with Gasteiger partial charge in [-0.1, -0.05) is 0 Å². The summed E-state index contributed by atoms with van der Waals surface area (Å²) in [6.45, 7) is 7.77. The Morgan fingerprint density at radius 1 is 1.07 bits per heavy atom. The van der Waals surface area contributed by atoms with Crippen molar-refractivity contribution in [2.75, 3.05) is 46.4 Å². The number of hydrogen-bond acceptors (Lipinski definition) is 6. The van der Waals surface area contributed by atoms with E-state index in [0.717, 1.165) is 58.3 Å². The number of carbonyl (C=O) groups is 2. The van der Waals surface area contributed by atoms with Gasteiger partial charge in [-0.3, -0.25) is 9.69 Å². The molecule has 0 N–H and O–H groups in total. The highest BCUT2D eigenvalue weighted by Gasteiger charge is 2.52. The van der Waals surface area contributed by atoms with Gasteiger partial charge in [0.2, 0.25) is 0 Å². The molecule has 0 radical (unpaired) electrons. The highest BCUT2D eigenvalue weighted by atomic mass is 19.1. The highest BCUT2D eigenvalue weighted by molar-refractivity contribution is 5.76. The van der Waals surface area contributed by atoms with Gasteiger partial charge in [-0.2, -0.15) is 0 Å². The lowest BCUT2D eigenvalue weighted by molar-refractivity contribution is -0.147. The molecule has 4 fully saturated rings. The number of ether oxygens (including phenoxy) is 2. The van der Waals surface area contributed by atoms with Crippen LogP contribution in [0.2, 0.25) is 0 Å². The van der Waals surface area contributed by atoms with Gasteiger partial charge in [-0.15, -0.1) is 0 Å². The average molecular weight is 426 g/mol. The normalized spacial score (nSPS) is 38.1. The van der Waals surface area contributed by atoms with Gasteiger partial charge in [0.25, 0.3) is 0 Å². The lowest BCUT2D eigenvalue weighted by Crippen LogP contribution is -2.56. The molecule has 3 heterocycles. The quantitative estimate of drug-likeness (QED) is 0.645. The number of halogens is 1. The monoisotopic (exact) mass is 425 g/mol. The molecule has 0 aromatic heterocycles. The van der Waals surface area contributed by atoms with Crippen molar-refractivity contribution >= 4 is 12.1 Å². The van der Waals surface area contributed by atoms with Gasteiger partial charge in [0.05, 0.1) is 13.7 Å². The summed E-state index contributed by atoms with van der Waals surface area (Å²) in [5, 5.41) is 0. The summed E-state index contributed by atoms with van der Waals surface area (Å²) in [7, 11) is 1.38. The first-order valence-corrected chi connectivity index (χ1v) is 11.4. The summed E-state index contributed by atoms with van der Waals surface area (Å²) < 4.78 is 24.7. The SMILES string of the molecule is CCOC(=O)N1CCC2(CC(N3CCC(N4CC(C)(F)CC4C(=O)OC)CC3)C2)C1. The number of methoxy groups -OCH3 is 1. The minimum absolute atomic E-state index is 0.177. The fraction of sp³-hybridized carbons (Fsp3) is 0.909. The molecule has 1 saturated carbocycles. The van der Waals surface area contributed by atoms with E-state index in [0.29, 0.717) is 19.2 Å². The molecule has 2 unspecified atom stereocenters. The van der Waals surface area contributed by atoms with Crippen LogP contribution in [0.3, 0.4) is 0 Å². The molecule has 1 amide bonds. The van der Waals surface area contributed by atoms with Crippen molar-refractivity contribution < 1.29 is 23.5 Å². The number of hydrogen-bond donors (Lipinski definition) is 0. The Kier molecular flexibility index (Phi) is 6.01. The van der Waals surface area contributed by atoms with Crippen molar-refractivity contribution in [1.29, 1.82) is 0 Å². The predicted molar refractivity (Wildman–Crippen MR) is 110 cm³/mol. The first-order valence-electron chi connectivity index (χ1n) is 11.4. The molecule has 170 valence electrons. The second kappa shape index (κ2) is 8.26. The van der Waals surface area contributed by atoms with Gasteiger partial charge in [-0.05, 0) is 64.5 Å². The second-order valence-corrected chi connectivity index (χ2v) is 10.0. The third-order valence-electron chi connectivity index (χ3n) is 7.79. The van der Waals surface area contributed by atoms with Crippen molar-refractivity contribution in [2.45, 2.75) is 76.2 Å². The van der Waals surface area contributed by atoms with E-state index in [1.165, 1.54) is 7.11 Å². The summed E-state index contributed by atoms with van der Waals surface area (Å²) in [6, 6.07) is 0.359. The number of nitrogens with zero attached hydrogens (tertiary/aromatic N) is 3. The smallest absolute Gasteiger partial charge is 0.409 e. The molecule has 3 aliphatic heterocycles. The summed E-state index contributed by atoms with van der Waals surface area (Å²) in [4.78, 5) is 30.6. The van der Waals surface area contributed by atoms with E-state index in [1.54, 1.807) is 6.92 Å². The van der Waals surface area contributed by atoms with Crippen LogP contribution in [0.25, 0.3) is 0 Å². The summed E-state index contributed by atoms with van der Waals surface area (Å²) in [5.41, 5.74) is -1.06. The van der Waals surface area contributed by atoms with Crippen molar-refractivity contribution in [3.8, 4) is 0 Å². The maximum absolute atomic E-state index is 14.6. The molecule has 0 bridgehead atoms. The Morgan fingerprint density at radius 2 is 1.77 bits per heavy atom. The summed E-state index contributed by atoms with van der Waals surface area (Å²) >= 11 is 0. The second-order valence-electron chi connectivity index (χ2n) is 10.0. The van der Waals surface area contributed by atoms with E-state index in [4.69, 9.17) is 9.47 Å². The number of carbonyl (C=O) groups excluding carboxylic acids is 2. The topological polar surface area (TPSA) is 62.3 Å². The van der Waals surface area contributed by atoms with Gasteiger partial charge < -0.3 is 19.3 Å². The first-order chi connectivity index (χ1) is 14.3. The molecule has 7 nitrogen and oxygen atoms in total. The zero-order valence-electron chi connectivity index (χ0n) is 18.6. The fourth-order valence-electron chi connectivity index (χ4n) is 6.23. The van der Waals surface area contributed by atoms with E-state index in [1.807, 2.05) is 11.8 Å². The Morgan fingerprint density at radius 3 is 2.40 bits per heavy atom. The zero-order valence-corrected chi connectivity index (χ0v) is 18.6. The van der Waals surface area contributed by atoms with Gasteiger partial charge in [-0.25, -0.2) is 9.18 Å². The highest BCUT2D eigenvalue weighted by Crippen LogP contribution is 2.50. The number of likely N-dealkylation sites (tertiary alicyclic amines) is 3. The first kappa shape index (κ1) is 21.8. The van der Waals surface area contributed by atoms with E-state index in [2.05, 4.69) is 9.80 Å². The number of piperidine rings is 1. The molecule has 1 aliphatic carbocycles. The number of alkyl halides is 1. The van der Waals surface area contributed by atoms with Crippen LogP contribution in [-0.4, -0.2) is 97.0 Å². The lowest BCUT2D eigenvalue weighted by atomic mass is 9.64. The molecule has 1 spiro atoms. The number of rotatable bonds is 4. The van der Waals surface area contributed by atoms with Crippen molar-refractivity contribution in [1.82, 2.24) is 14.7 Å². The molecule has 8 heteroatoms. The molecule has 0 aromatic rings. The Hall–Kier alpha value is -1.41. The van der Waals surface area contributed by atoms with Crippen LogP contribution in [0, 0.1) is 5.41 Å². The third kappa shape index (κ3) is 4.17. The molecule has 2 atom stereocenters. The van der Waals surface area contributed by atoms with Gasteiger partial charge in [0, 0.05) is 38.1 Å². The van der Waals surface area contributed by atoms with Gasteiger partial charge >= 0.3 is 12.1 Å². The molecule has 0 aromatic carbocycles. The number of esters is 1. The molecule has 4 aliphatic rings. The van der Waals surface area contributed by atoms with Crippen LogP contribution in [0.5, 0.6) is 0 Å². The van der Waals surface area contributed by atoms with Crippen molar-refractivity contribution in [3.63, 3.8) is 0 Å². The number of amides is 1. The standard InChI is InChI=1S/C22H36FN3O4/c1-4-30-20(28)25-10-7-22(15-25)11-17(12-22)24-8-5-16(6-9-24)26-14-21(2,23)13-18(26)19(27)29-3/h16-18H,4-15H2,1-3H3. The molecular weight excluding hydrogens is 389 g/mol. The Bertz CT molecular complexity index is 659. The minimum Gasteiger partial charge on any atom is -0.468 e. The Balaban J connectivity index is 1.26. The minimum atomic E-state index is -1.33. The van der Waals surface area contributed by atoms with Crippen molar-refractivity contribution in [3.05, 3.63) is 0 Å². The summed E-state index contributed by atoms with van der Waals surface area (Å²) in [5.74, 6) is -0.313. The van der Waals surface area contributed by atoms with E-state index >= 15 is 0 Å². The van der Waals surface area contributed by atoms with Crippen LogP contribution in [0.1, 0.15) is 52.4 Å². The van der Waals surface area contributed by atoms with Gasteiger partial charge in [0.1, 0.15) is 11.7 Å². The van der Waals surface area contributed by atoms with Crippen LogP contribution in [0.4, 0.5) is 9.18 Å². The van der Waals surface area contributed by atoms with E-state index in [9.17, 15) is 14.0 Å². The molecular formula is C22H36FN3O4. The van der Waals surface area contributed by atoms with Crippen LogP contribution < -0.4 is 0 Å². The summed E-state index contributed by atoms with van der Waals surface area (Å²) in [6.07, 6.45) is 5.33. The lowest BCUT2D eigenvalue weighted by Gasteiger charge is -2.52. The average Bonchev–Trinajstić information content (AvgIpc) is 3.28. The van der Waals surface area contributed by atoms with E-state index in [-0.39, 0.29) is 29.9 Å².